The molecule has 2 rings (SSSR count). The van der Waals surface area contributed by atoms with Crippen LogP contribution in [0.2, 0.25) is 0 Å². The Labute approximate surface area is 150 Å². The third kappa shape index (κ3) is 4.02. The van der Waals surface area contributed by atoms with E-state index in [-0.39, 0.29) is 17.2 Å². The van der Waals surface area contributed by atoms with Crippen LogP contribution in [-0.4, -0.2) is 15.8 Å². The summed E-state index contributed by atoms with van der Waals surface area (Å²) in [6, 6.07) is 9.28. The van der Waals surface area contributed by atoms with E-state index in [2.05, 4.69) is 5.32 Å². The Morgan fingerprint density at radius 1 is 1.12 bits per heavy atom. The molecule has 136 valence electrons. The number of amides is 1. The van der Waals surface area contributed by atoms with Gasteiger partial charge in [-0.05, 0) is 31.4 Å². The van der Waals surface area contributed by atoms with Crippen LogP contribution >= 0.6 is 0 Å². The van der Waals surface area contributed by atoms with Crippen molar-refractivity contribution < 1.29 is 14.6 Å². The van der Waals surface area contributed by atoms with E-state index in [1.165, 1.54) is 6.92 Å². The number of rotatable bonds is 6. The summed E-state index contributed by atoms with van der Waals surface area (Å²) in [5, 5.41) is 24.9. The first-order valence-electron chi connectivity index (χ1n) is 8.07. The molecule has 0 saturated heterocycles. The molecule has 26 heavy (non-hydrogen) atoms. The quantitative estimate of drug-likeness (QED) is 0.622. The van der Waals surface area contributed by atoms with Gasteiger partial charge in [0.15, 0.2) is 0 Å². The van der Waals surface area contributed by atoms with Gasteiger partial charge in [-0.1, -0.05) is 31.2 Å². The normalized spacial score (nSPS) is 11.7. The average molecular weight is 357 g/mol. The van der Waals surface area contributed by atoms with Gasteiger partial charge in [-0.15, -0.1) is 0 Å². The largest absolute Gasteiger partial charge is 0.346 e. The Balaban J connectivity index is 2.33. The smallest absolute Gasteiger partial charge is 0.279 e. The van der Waals surface area contributed by atoms with Crippen LogP contribution in [0.5, 0.6) is 0 Å². The van der Waals surface area contributed by atoms with Crippen molar-refractivity contribution in [3.63, 3.8) is 0 Å². The lowest BCUT2D eigenvalue weighted by Gasteiger charge is -2.16. The topological polar surface area (TPSA) is 115 Å². The maximum atomic E-state index is 12.6. The monoisotopic (exact) mass is 357 g/mol. The number of nitro benzene ring substituents is 2. The second-order valence-corrected chi connectivity index (χ2v) is 5.94. The Hall–Kier alpha value is -3.29. The summed E-state index contributed by atoms with van der Waals surface area (Å²) in [6.45, 7) is 5.22. The third-order valence-electron chi connectivity index (χ3n) is 4.25. The molecule has 8 nitrogen and oxygen atoms in total. The van der Waals surface area contributed by atoms with E-state index < -0.39 is 27.1 Å². The van der Waals surface area contributed by atoms with Crippen LogP contribution in [0.25, 0.3) is 0 Å². The van der Waals surface area contributed by atoms with E-state index in [0.29, 0.717) is 0 Å². The molecule has 2 aromatic carbocycles. The maximum Gasteiger partial charge on any atom is 0.279 e. The highest BCUT2D eigenvalue weighted by atomic mass is 16.6. The molecule has 0 aliphatic carbocycles. The highest BCUT2D eigenvalue weighted by Gasteiger charge is 2.25. The summed E-state index contributed by atoms with van der Waals surface area (Å²) in [5.74, 6) is -0.596. The molecule has 0 fully saturated rings. The number of benzene rings is 2. The zero-order valence-corrected chi connectivity index (χ0v) is 14.7. The van der Waals surface area contributed by atoms with Crippen molar-refractivity contribution in [3.05, 3.63) is 78.9 Å². The molecule has 0 aliphatic heterocycles. The first-order valence-corrected chi connectivity index (χ1v) is 8.07. The van der Waals surface area contributed by atoms with Gasteiger partial charge in [-0.25, -0.2) is 0 Å². The van der Waals surface area contributed by atoms with Crippen LogP contribution in [0.3, 0.4) is 0 Å². The number of hydrogen-bond acceptors (Lipinski definition) is 5. The van der Waals surface area contributed by atoms with Gasteiger partial charge in [0.1, 0.15) is 0 Å². The molecule has 0 aromatic heterocycles. The van der Waals surface area contributed by atoms with E-state index in [0.717, 1.165) is 29.7 Å². The summed E-state index contributed by atoms with van der Waals surface area (Å²) in [6.07, 6.45) is 0.900. The van der Waals surface area contributed by atoms with Crippen LogP contribution in [-0.2, 0) is 6.42 Å². The predicted octanol–water partition coefficient (Wildman–Crippen LogP) is 3.86. The minimum absolute atomic E-state index is 0.0806. The molecular weight excluding hydrogens is 338 g/mol. The van der Waals surface area contributed by atoms with E-state index in [1.54, 1.807) is 6.92 Å². The van der Waals surface area contributed by atoms with Gasteiger partial charge in [0.05, 0.1) is 27.5 Å². The standard InChI is InChI=1S/C18H19N3O5/c1-4-13-5-7-14(8-6-13)12(3)19-18(22)16-9-15(20(23)24)10-17(11(16)2)21(25)26/h5-10,12H,4H2,1-3H3,(H,19,22). The molecule has 8 heteroatoms. The number of hydrogen-bond donors (Lipinski definition) is 1. The number of non-ortho nitro benzene ring substituents is 1. The summed E-state index contributed by atoms with van der Waals surface area (Å²) in [4.78, 5) is 33.2. The number of carbonyl (C=O) groups excluding carboxylic acids is 1. The predicted molar refractivity (Wildman–Crippen MR) is 96.2 cm³/mol. The van der Waals surface area contributed by atoms with Crippen LogP contribution in [0.1, 0.15) is 46.9 Å². The molecule has 1 atom stereocenters. The highest BCUT2D eigenvalue weighted by Crippen LogP contribution is 2.28. The Morgan fingerprint density at radius 3 is 2.23 bits per heavy atom. The first kappa shape index (κ1) is 19.0. The molecule has 0 aliphatic rings. The van der Waals surface area contributed by atoms with E-state index >= 15 is 0 Å². The SMILES string of the molecule is CCc1ccc(C(C)NC(=O)c2cc([N+](=O)[O-])cc([N+](=O)[O-])c2C)cc1. The lowest BCUT2D eigenvalue weighted by molar-refractivity contribution is -0.394. The lowest BCUT2D eigenvalue weighted by Crippen LogP contribution is -2.27. The number of nitro groups is 2. The van der Waals surface area contributed by atoms with E-state index in [4.69, 9.17) is 0 Å². The Bertz CT molecular complexity index is 862. The number of nitrogens with zero attached hydrogens (tertiary/aromatic N) is 2. The Kier molecular flexibility index (Phi) is 5.66. The van der Waals surface area contributed by atoms with Gasteiger partial charge in [-0.3, -0.25) is 25.0 Å². The second-order valence-electron chi connectivity index (χ2n) is 5.94. The molecule has 1 amide bonds. The molecule has 0 heterocycles. The molecule has 0 bridgehead atoms. The number of nitrogens with one attached hydrogen (secondary N) is 1. The van der Waals surface area contributed by atoms with Crippen LogP contribution < -0.4 is 5.32 Å². The highest BCUT2D eigenvalue weighted by molar-refractivity contribution is 5.97. The van der Waals surface area contributed by atoms with Crippen molar-refractivity contribution in [1.82, 2.24) is 5.32 Å². The van der Waals surface area contributed by atoms with Crippen molar-refractivity contribution in [1.29, 1.82) is 0 Å². The summed E-state index contributed by atoms with van der Waals surface area (Å²) in [5.41, 5.74) is 1.09. The second kappa shape index (κ2) is 7.73. The van der Waals surface area contributed by atoms with Crippen LogP contribution in [0, 0.1) is 27.2 Å². The third-order valence-corrected chi connectivity index (χ3v) is 4.25. The fraction of sp³-hybridized carbons (Fsp3) is 0.278. The molecule has 2 aromatic rings. The van der Waals surface area contributed by atoms with E-state index in [9.17, 15) is 25.0 Å². The van der Waals surface area contributed by atoms with Gasteiger partial charge < -0.3 is 5.32 Å². The zero-order valence-electron chi connectivity index (χ0n) is 14.7. The van der Waals surface area contributed by atoms with Crippen molar-refractivity contribution in [2.75, 3.05) is 0 Å². The van der Waals surface area contributed by atoms with Crippen molar-refractivity contribution in [3.8, 4) is 0 Å². The van der Waals surface area contributed by atoms with Crippen molar-refractivity contribution in [2.24, 2.45) is 0 Å². The van der Waals surface area contributed by atoms with Crippen LogP contribution in [0.4, 0.5) is 11.4 Å². The van der Waals surface area contributed by atoms with Gasteiger partial charge in [0.2, 0.25) is 0 Å². The summed E-state index contributed by atoms with van der Waals surface area (Å²) in [7, 11) is 0. The van der Waals surface area contributed by atoms with Crippen LogP contribution in [0.15, 0.2) is 36.4 Å². The van der Waals surface area contributed by atoms with Crippen molar-refractivity contribution in [2.45, 2.75) is 33.2 Å². The van der Waals surface area contributed by atoms with Gasteiger partial charge in [0, 0.05) is 11.6 Å². The number of aryl methyl sites for hydroxylation is 1. The zero-order chi connectivity index (χ0) is 19.4. The molecule has 0 saturated carbocycles. The minimum atomic E-state index is -0.754. The van der Waals surface area contributed by atoms with Gasteiger partial charge >= 0.3 is 0 Å². The van der Waals surface area contributed by atoms with Crippen molar-refractivity contribution >= 4 is 17.3 Å². The first-order chi connectivity index (χ1) is 12.2. The maximum absolute atomic E-state index is 12.6. The Morgan fingerprint density at radius 2 is 1.73 bits per heavy atom. The van der Waals surface area contributed by atoms with Gasteiger partial charge in [0.25, 0.3) is 17.3 Å². The minimum Gasteiger partial charge on any atom is -0.346 e. The number of carbonyl (C=O) groups is 1. The average Bonchev–Trinajstić information content (AvgIpc) is 2.61. The summed E-state index contributed by atoms with van der Waals surface area (Å²) >= 11 is 0. The molecule has 0 spiro atoms. The molecule has 1 unspecified atom stereocenters. The molecular formula is C18H19N3O5. The summed E-state index contributed by atoms with van der Waals surface area (Å²) < 4.78 is 0. The fourth-order valence-electron chi connectivity index (χ4n) is 2.61. The molecule has 1 N–H and O–H groups in total. The van der Waals surface area contributed by atoms with E-state index in [1.807, 2.05) is 31.2 Å². The fourth-order valence-corrected chi connectivity index (χ4v) is 2.61. The van der Waals surface area contributed by atoms with Gasteiger partial charge in [-0.2, -0.15) is 0 Å². The lowest BCUT2D eigenvalue weighted by atomic mass is 10.0. The molecule has 0 radical (unpaired) electrons.